The summed E-state index contributed by atoms with van der Waals surface area (Å²) < 4.78 is 0.573. The maximum Gasteiger partial charge on any atom is 0.305 e. The van der Waals surface area contributed by atoms with E-state index in [1.165, 1.54) is 11.3 Å². The topological polar surface area (TPSA) is 66.4 Å². The van der Waals surface area contributed by atoms with Crippen LogP contribution >= 0.6 is 34.3 Å². The van der Waals surface area contributed by atoms with E-state index >= 15 is 0 Å². The first-order valence-corrected chi connectivity index (χ1v) is 8.27. The molecule has 0 unspecified atom stereocenters. The first-order valence-electron chi connectivity index (χ1n) is 6.25. The molecule has 0 bridgehead atoms. The molecule has 21 heavy (non-hydrogen) atoms. The number of aliphatic carboxylic acids is 1. The number of aryl methyl sites for hydroxylation is 1. The molecule has 112 valence electrons. The summed E-state index contributed by atoms with van der Waals surface area (Å²) in [4.78, 5) is 25.9. The van der Waals surface area contributed by atoms with Crippen LogP contribution in [0.5, 0.6) is 0 Å². The highest BCUT2D eigenvalue weighted by atomic mass is 35.5. The van der Waals surface area contributed by atoms with Crippen molar-refractivity contribution in [2.45, 2.75) is 25.8 Å². The fourth-order valence-corrected chi connectivity index (χ4v) is 3.90. The average Bonchev–Trinajstić information content (AvgIpc) is 2.97. The van der Waals surface area contributed by atoms with Crippen LogP contribution in [-0.4, -0.2) is 17.0 Å². The van der Waals surface area contributed by atoms with Gasteiger partial charge in [0.05, 0.1) is 23.2 Å². The van der Waals surface area contributed by atoms with Crippen LogP contribution < -0.4 is 5.32 Å². The number of carboxylic acid groups (broad SMARTS) is 1. The van der Waals surface area contributed by atoms with Gasteiger partial charge in [-0.05, 0) is 31.2 Å². The van der Waals surface area contributed by atoms with E-state index < -0.39 is 12.0 Å². The van der Waals surface area contributed by atoms with Gasteiger partial charge in [0.15, 0.2) is 0 Å². The second kappa shape index (κ2) is 7.06. The van der Waals surface area contributed by atoms with Gasteiger partial charge in [0.25, 0.3) is 0 Å². The maximum atomic E-state index is 12.1. The zero-order valence-corrected chi connectivity index (χ0v) is 13.6. The second-order valence-corrected chi connectivity index (χ2v) is 7.67. The van der Waals surface area contributed by atoms with Crippen LogP contribution in [0.2, 0.25) is 4.34 Å². The number of halogens is 1. The third-order valence-corrected chi connectivity index (χ3v) is 5.13. The largest absolute Gasteiger partial charge is 0.481 e. The van der Waals surface area contributed by atoms with Gasteiger partial charge in [0.1, 0.15) is 0 Å². The normalized spacial score (nSPS) is 12.1. The number of carbonyl (C=O) groups is 2. The molecular formula is C14H14ClNO3S2. The van der Waals surface area contributed by atoms with E-state index in [1.54, 1.807) is 23.5 Å². The van der Waals surface area contributed by atoms with Gasteiger partial charge in [-0.1, -0.05) is 11.6 Å². The standard InChI is InChI=1S/C14H14ClNO3S2/c1-8-2-3-9(20-8)6-13(17)16-10(7-14(18)19)11-4-5-12(15)21-11/h2-5,10H,6-7H2,1H3,(H,16,17)(H,18,19)/t10-/m1/s1. The smallest absolute Gasteiger partial charge is 0.305 e. The van der Waals surface area contributed by atoms with Crippen molar-refractivity contribution in [2.75, 3.05) is 0 Å². The fourth-order valence-electron chi connectivity index (χ4n) is 1.90. The van der Waals surface area contributed by atoms with Gasteiger partial charge in [-0.15, -0.1) is 22.7 Å². The highest BCUT2D eigenvalue weighted by Crippen LogP contribution is 2.29. The van der Waals surface area contributed by atoms with E-state index in [0.29, 0.717) is 4.34 Å². The predicted molar refractivity (Wildman–Crippen MR) is 85.2 cm³/mol. The molecule has 0 saturated heterocycles. The van der Waals surface area contributed by atoms with Crippen LogP contribution in [0, 0.1) is 6.92 Å². The van der Waals surface area contributed by atoms with E-state index in [4.69, 9.17) is 16.7 Å². The molecule has 2 aromatic rings. The third-order valence-electron chi connectivity index (χ3n) is 2.78. The first-order chi connectivity index (χ1) is 9.94. The summed E-state index contributed by atoms with van der Waals surface area (Å²) in [5.41, 5.74) is 0. The second-order valence-electron chi connectivity index (χ2n) is 4.55. The number of thiophene rings is 2. The zero-order valence-electron chi connectivity index (χ0n) is 11.3. The van der Waals surface area contributed by atoms with E-state index in [-0.39, 0.29) is 18.7 Å². The van der Waals surface area contributed by atoms with E-state index in [9.17, 15) is 9.59 Å². The summed E-state index contributed by atoms with van der Waals surface area (Å²) in [7, 11) is 0. The van der Waals surface area contributed by atoms with Crippen molar-refractivity contribution in [3.63, 3.8) is 0 Å². The highest BCUT2D eigenvalue weighted by molar-refractivity contribution is 7.16. The lowest BCUT2D eigenvalue weighted by atomic mass is 10.1. The molecule has 0 aliphatic heterocycles. The van der Waals surface area contributed by atoms with Crippen molar-refractivity contribution in [1.82, 2.24) is 5.32 Å². The van der Waals surface area contributed by atoms with Crippen molar-refractivity contribution in [1.29, 1.82) is 0 Å². The minimum Gasteiger partial charge on any atom is -0.481 e. The molecule has 0 radical (unpaired) electrons. The summed E-state index contributed by atoms with van der Waals surface area (Å²) in [6, 6.07) is 6.77. The molecule has 2 heterocycles. The number of hydrogen-bond donors (Lipinski definition) is 2. The third kappa shape index (κ3) is 4.84. The van der Waals surface area contributed by atoms with Crippen molar-refractivity contribution in [3.8, 4) is 0 Å². The lowest BCUT2D eigenvalue weighted by molar-refractivity contribution is -0.137. The number of carbonyl (C=O) groups excluding carboxylic acids is 1. The van der Waals surface area contributed by atoms with Crippen LogP contribution in [0.25, 0.3) is 0 Å². The predicted octanol–water partition coefficient (Wildman–Crippen LogP) is 3.65. The van der Waals surface area contributed by atoms with E-state index in [2.05, 4.69) is 5.32 Å². The Kier molecular flexibility index (Phi) is 5.39. The van der Waals surface area contributed by atoms with Gasteiger partial charge < -0.3 is 10.4 Å². The quantitative estimate of drug-likeness (QED) is 0.841. The summed E-state index contributed by atoms with van der Waals surface area (Å²) in [5.74, 6) is -1.15. The monoisotopic (exact) mass is 343 g/mol. The van der Waals surface area contributed by atoms with Crippen LogP contribution in [-0.2, 0) is 16.0 Å². The van der Waals surface area contributed by atoms with Gasteiger partial charge in [0, 0.05) is 14.6 Å². The Hall–Kier alpha value is -1.37. The number of rotatable bonds is 6. The summed E-state index contributed by atoms with van der Waals surface area (Å²) in [6.07, 6.45) is 0.0970. The van der Waals surface area contributed by atoms with Gasteiger partial charge >= 0.3 is 5.97 Å². The van der Waals surface area contributed by atoms with Gasteiger partial charge in [0.2, 0.25) is 5.91 Å². The van der Waals surface area contributed by atoms with E-state index in [0.717, 1.165) is 14.6 Å². The first kappa shape index (κ1) is 16.0. The van der Waals surface area contributed by atoms with Gasteiger partial charge in [-0.2, -0.15) is 0 Å². The van der Waals surface area contributed by atoms with Crippen molar-refractivity contribution in [3.05, 3.63) is 43.2 Å². The minimum atomic E-state index is -0.961. The molecule has 0 aliphatic carbocycles. The van der Waals surface area contributed by atoms with E-state index in [1.807, 2.05) is 19.1 Å². The molecule has 2 aromatic heterocycles. The number of carboxylic acids is 1. The Labute approximate surface area is 135 Å². The Morgan fingerprint density at radius 3 is 2.57 bits per heavy atom. The SMILES string of the molecule is Cc1ccc(CC(=O)N[C@H](CC(=O)O)c2ccc(Cl)s2)s1. The summed E-state index contributed by atoms with van der Waals surface area (Å²) in [5, 5.41) is 11.8. The number of amides is 1. The Bertz CT molecular complexity index is 650. The molecule has 0 fully saturated rings. The van der Waals surface area contributed by atoms with Crippen molar-refractivity contribution < 1.29 is 14.7 Å². The Balaban J connectivity index is 2.04. The molecule has 4 nitrogen and oxygen atoms in total. The Morgan fingerprint density at radius 2 is 2.05 bits per heavy atom. The van der Waals surface area contributed by atoms with Gasteiger partial charge in [-0.3, -0.25) is 9.59 Å². The molecule has 7 heteroatoms. The van der Waals surface area contributed by atoms with Crippen LogP contribution in [0.15, 0.2) is 24.3 Å². The lowest BCUT2D eigenvalue weighted by Gasteiger charge is -2.15. The Morgan fingerprint density at radius 1 is 1.29 bits per heavy atom. The summed E-state index contributed by atoms with van der Waals surface area (Å²) in [6.45, 7) is 1.98. The van der Waals surface area contributed by atoms with Gasteiger partial charge in [-0.25, -0.2) is 0 Å². The molecular weight excluding hydrogens is 330 g/mol. The number of hydrogen-bond acceptors (Lipinski definition) is 4. The average molecular weight is 344 g/mol. The molecule has 2 N–H and O–H groups in total. The lowest BCUT2D eigenvalue weighted by Crippen LogP contribution is -2.30. The minimum absolute atomic E-state index is 0.161. The molecule has 0 spiro atoms. The molecule has 1 atom stereocenters. The zero-order chi connectivity index (χ0) is 15.4. The van der Waals surface area contributed by atoms with Crippen LogP contribution in [0.4, 0.5) is 0 Å². The van der Waals surface area contributed by atoms with Crippen molar-refractivity contribution >= 4 is 46.2 Å². The number of nitrogens with one attached hydrogen (secondary N) is 1. The maximum absolute atomic E-state index is 12.1. The molecule has 0 aromatic carbocycles. The molecule has 0 saturated carbocycles. The fraction of sp³-hybridized carbons (Fsp3) is 0.286. The highest BCUT2D eigenvalue weighted by Gasteiger charge is 2.20. The summed E-state index contributed by atoms with van der Waals surface area (Å²) >= 11 is 8.71. The molecule has 1 amide bonds. The molecule has 0 aliphatic rings. The van der Waals surface area contributed by atoms with Crippen molar-refractivity contribution in [2.24, 2.45) is 0 Å². The molecule has 2 rings (SSSR count). The van der Waals surface area contributed by atoms with Crippen LogP contribution in [0.3, 0.4) is 0 Å². The van der Waals surface area contributed by atoms with Crippen LogP contribution in [0.1, 0.15) is 27.1 Å².